The summed E-state index contributed by atoms with van der Waals surface area (Å²) in [4.78, 5) is 11.5. The van der Waals surface area contributed by atoms with Gasteiger partial charge in [0.05, 0.1) is 5.54 Å². The minimum absolute atomic E-state index is 0.588. The number of amides is 1. The first-order chi connectivity index (χ1) is 7.29. The van der Waals surface area contributed by atoms with Crippen LogP contribution in [0.5, 0.6) is 0 Å². The van der Waals surface area contributed by atoms with E-state index in [4.69, 9.17) is 4.74 Å². The van der Waals surface area contributed by atoms with Crippen molar-refractivity contribution >= 4 is 6.09 Å². The van der Waals surface area contributed by atoms with Crippen molar-refractivity contribution in [2.24, 2.45) is 0 Å². The number of rotatable bonds is 3. The quantitative estimate of drug-likeness (QED) is 0.781. The maximum atomic E-state index is 12.4. The third-order valence-electron chi connectivity index (χ3n) is 2.78. The Bertz CT molecular complexity index is 258. The highest BCUT2D eigenvalue weighted by atomic mass is 19.1. The predicted molar refractivity (Wildman–Crippen MR) is 57.9 cm³/mol. The molecule has 4 nitrogen and oxygen atoms in total. The van der Waals surface area contributed by atoms with E-state index in [-0.39, 0.29) is 0 Å². The van der Waals surface area contributed by atoms with Gasteiger partial charge < -0.3 is 15.2 Å². The third-order valence-corrected chi connectivity index (χ3v) is 2.78. The molecule has 1 aliphatic carbocycles. The molecule has 1 aliphatic rings. The summed E-state index contributed by atoms with van der Waals surface area (Å²) < 4.78 is 17.5. The van der Waals surface area contributed by atoms with Crippen molar-refractivity contribution in [2.75, 3.05) is 6.67 Å². The molecule has 0 heterocycles. The smallest absolute Gasteiger partial charge is 0.408 e. The molecule has 1 amide bonds. The molecule has 2 N–H and O–H groups in total. The summed E-state index contributed by atoms with van der Waals surface area (Å²) in [5, 5.41) is 12.1. The number of alkyl carbamates (subject to hydrolysis) is 1. The topological polar surface area (TPSA) is 58.6 Å². The summed E-state index contributed by atoms with van der Waals surface area (Å²) in [5.74, 6) is 0. The van der Waals surface area contributed by atoms with Crippen LogP contribution in [0.2, 0.25) is 0 Å². The first kappa shape index (κ1) is 13.2. The van der Waals surface area contributed by atoms with Crippen molar-refractivity contribution in [3.63, 3.8) is 0 Å². The van der Waals surface area contributed by atoms with E-state index in [2.05, 4.69) is 5.32 Å². The lowest BCUT2D eigenvalue weighted by molar-refractivity contribution is -0.0187. The summed E-state index contributed by atoms with van der Waals surface area (Å²) >= 11 is 0. The Balaban J connectivity index is 2.54. The van der Waals surface area contributed by atoms with Gasteiger partial charge in [-0.2, -0.15) is 0 Å². The van der Waals surface area contributed by atoms with E-state index in [1.165, 1.54) is 0 Å². The molecule has 0 aliphatic heterocycles. The summed E-state index contributed by atoms with van der Waals surface area (Å²) in [5.41, 5.74) is -1.41. The maximum Gasteiger partial charge on any atom is 0.408 e. The van der Waals surface area contributed by atoms with Crippen LogP contribution in [0.1, 0.15) is 40.0 Å². The Morgan fingerprint density at radius 1 is 1.56 bits per heavy atom. The van der Waals surface area contributed by atoms with E-state index in [1.807, 2.05) is 0 Å². The molecule has 0 aromatic carbocycles. The lowest BCUT2D eigenvalue weighted by atomic mass is 9.73. The molecule has 0 bridgehead atoms. The fourth-order valence-electron chi connectivity index (χ4n) is 1.75. The van der Waals surface area contributed by atoms with Crippen molar-refractivity contribution < 1.29 is 19.0 Å². The number of aliphatic hydroxyl groups is 1. The van der Waals surface area contributed by atoms with E-state index in [0.29, 0.717) is 12.8 Å². The number of carbonyl (C=O) groups excluding carboxylic acids is 1. The molecule has 0 radical (unpaired) electrons. The van der Waals surface area contributed by atoms with Gasteiger partial charge in [0.25, 0.3) is 0 Å². The van der Waals surface area contributed by atoms with Crippen LogP contribution in [0.3, 0.4) is 0 Å². The highest BCUT2D eigenvalue weighted by Crippen LogP contribution is 2.35. The van der Waals surface area contributed by atoms with Gasteiger partial charge in [0.15, 0.2) is 0 Å². The maximum absolute atomic E-state index is 12.4. The molecule has 1 unspecified atom stereocenters. The Kier molecular flexibility index (Phi) is 3.78. The van der Waals surface area contributed by atoms with E-state index in [1.54, 1.807) is 20.8 Å². The number of nitrogens with one attached hydrogen (secondary N) is 1. The van der Waals surface area contributed by atoms with E-state index in [9.17, 15) is 14.3 Å². The predicted octanol–water partition coefficient (Wildman–Crippen LogP) is 1.76. The third kappa shape index (κ3) is 3.07. The van der Waals surface area contributed by atoms with Crippen LogP contribution < -0.4 is 5.32 Å². The van der Waals surface area contributed by atoms with E-state index < -0.39 is 30.0 Å². The second-order valence-corrected chi connectivity index (χ2v) is 5.31. The fraction of sp³-hybridized carbons (Fsp3) is 0.909. The van der Waals surface area contributed by atoms with Gasteiger partial charge in [0.2, 0.25) is 0 Å². The highest BCUT2D eigenvalue weighted by molar-refractivity contribution is 5.69. The van der Waals surface area contributed by atoms with Gasteiger partial charge in [-0.05, 0) is 40.0 Å². The lowest BCUT2D eigenvalue weighted by Crippen LogP contribution is -2.62. The van der Waals surface area contributed by atoms with Gasteiger partial charge in [0.1, 0.15) is 18.4 Å². The molecular weight excluding hydrogens is 213 g/mol. The molecule has 0 spiro atoms. The van der Waals surface area contributed by atoms with Crippen LogP contribution in [0.4, 0.5) is 9.18 Å². The SMILES string of the molecule is CC(C)(C)OC(=O)NC1(C(O)CF)CCC1. The Labute approximate surface area is 95.2 Å². The molecule has 94 valence electrons. The van der Waals surface area contributed by atoms with Crippen LogP contribution in [0, 0.1) is 0 Å². The average molecular weight is 233 g/mol. The zero-order valence-corrected chi connectivity index (χ0v) is 10.0. The molecule has 1 rings (SSSR count). The van der Waals surface area contributed by atoms with Gasteiger partial charge >= 0.3 is 6.09 Å². The Morgan fingerprint density at radius 2 is 2.12 bits per heavy atom. The standard InChI is InChI=1S/C11H20FNO3/c1-10(2,3)16-9(15)13-11(5-4-6-11)8(14)7-12/h8,14H,4-7H2,1-3H3,(H,13,15). The zero-order valence-electron chi connectivity index (χ0n) is 10.0. The average Bonchev–Trinajstić information content (AvgIpc) is 2.07. The lowest BCUT2D eigenvalue weighted by Gasteiger charge is -2.45. The van der Waals surface area contributed by atoms with Gasteiger partial charge in [-0.3, -0.25) is 0 Å². The first-order valence-corrected chi connectivity index (χ1v) is 5.54. The van der Waals surface area contributed by atoms with Gasteiger partial charge in [-0.1, -0.05) is 0 Å². The number of aliphatic hydroxyl groups excluding tert-OH is 1. The number of hydrogen-bond donors (Lipinski definition) is 2. The van der Waals surface area contributed by atoms with Crippen molar-refractivity contribution in [2.45, 2.75) is 57.3 Å². The van der Waals surface area contributed by atoms with Gasteiger partial charge in [0, 0.05) is 0 Å². The zero-order chi connectivity index (χ0) is 12.4. The largest absolute Gasteiger partial charge is 0.444 e. The summed E-state index contributed by atoms with van der Waals surface area (Å²) in [7, 11) is 0. The highest BCUT2D eigenvalue weighted by Gasteiger charge is 2.45. The normalized spacial score (nSPS) is 20.8. The van der Waals surface area contributed by atoms with E-state index in [0.717, 1.165) is 6.42 Å². The molecule has 1 saturated carbocycles. The molecule has 16 heavy (non-hydrogen) atoms. The first-order valence-electron chi connectivity index (χ1n) is 5.54. The van der Waals surface area contributed by atoms with Gasteiger partial charge in [-0.25, -0.2) is 9.18 Å². The van der Waals surface area contributed by atoms with Crippen molar-refractivity contribution in [3.8, 4) is 0 Å². The second-order valence-electron chi connectivity index (χ2n) is 5.31. The molecule has 0 aromatic rings. The van der Waals surface area contributed by atoms with Crippen molar-refractivity contribution in [1.29, 1.82) is 0 Å². The van der Waals surface area contributed by atoms with Crippen LogP contribution in [0.15, 0.2) is 0 Å². The van der Waals surface area contributed by atoms with Crippen molar-refractivity contribution in [1.82, 2.24) is 5.32 Å². The van der Waals surface area contributed by atoms with E-state index >= 15 is 0 Å². The van der Waals surface area contributed by atoms with Gasteiger partial charge in [-0.15, -0.1) is 0 Å². The minimum Gasteiger partial charge on any atom is -0.444 e. The van der Waals surface area contributed by atoms with Crippen LogP contribution >= 0.6 is 0 Å². The minimum atomic E-state index is -1.14. The number of ether oxygens (including phenoxy) is 1. The van der Waals surface area contributed by atoms with Crippen molar-refractivity contribution in [3.05, 3.63) is 0 Å². The molecule has 1 fully saturated rings. The molecule has 1 atom stereocenters. The summed E-state index contributed by atoms with van der Waals surface area (Å²) in [6.45, 7) is 4.42. The van der Waals surface area contributed by atoms with Crippen LogP contribution in [-0.2, 0) is 4.74 Å². The summed E-state index contributed by atoms with van der Waals surface area (Å²) in [6, 6.07) is 0. The second kappa shape index (κ2) is 4.57. The number of alkyl halides is 1. The number of carbonyl (C=O) groups is 1. The monoisotopic (exact) mass is 233 g/mol. The van der Waals surface area contributed by atoms with Crippen LogP contribution in [0.25, 0.3) is 0 Å². The molecule has 5 heteroatoms. The molecule has 0 aromatic heterocycles. The molecule has 0 saturated heterocycles. The molecular formula is C11H20FNO3. The number of halogens is 1. The Hall–Kier alpha value is -0.840. The Morgan fingerprint density at radius 3 is 2.44 bits per heavy atom. The summed E-state index contributed by atoms with van der Waals surface area (Å²) in [6.07, 6.45) is 0.329. The fourth-order valence-corrected chi connectivity index (χ4v) is 1.75. The van der Waals surface area contributed by atoms with Crippen LogP contribution in [-0.4, -0.2) is 35.1 Å². The number of hydrogen-bond acceptors (Lipinski definition) is 3.